The molecular weight excluding hydrogens is 422 g/mol. The number of aromatic amines is 1. The van der Waals surface area contributed by atoms with Crippen molar-refractivity contribution in [3.05, 3.63) is 63.1 Å². The maximum Gasteiger partial charge on any atom is 0.255 e. The van der Waals surface area contributed by atoms with Crippen LogP contribution in [-0.4, -0.2) is 64.7 Å². The zero-order valence-corrected chi connectivity index (χ0v) is 18.6. The third kappa shape index (κ3) is 4.16. The molecule has 5 rings (SSSR count). The number of carbonyl (C=O) groups excluding carboxylic acids is 3. The largest absolute Gasteiger partial charge is 0.369 e. The zero-order chi connectivity index (χ0) is 23.1. The number of imide groups is 1. The van der Waals surface area contributed by atoms with Gasteiger partial charge in [-0.05, 0) is 42.7 Å². The van der Waals surface area contributed by atoms with Crippen LogP contribution in [0.2, 0.25) is 0 Å². The lowest BCUT2D eigenvalue weighted by Crippen LogP contribution is -2.52. The van der Waals surface area contributed by atoms with E-state index >= 15 is 0 Å². The van der Waals surface area contributed by atoms with Crippen LogP contribution in [0.4, 0.5) is 5.69 Å². The molecule has 1 atom stereocenters. The third-order valence-corrected chi connectivity index (χ3v) is 6.80. The summed E-state index contributed by atoms with van der Waals surface area (Å²) >= 11 is 0. The first kappa shape index (κ1) is 21.4. The van der Waals surface area contributed by atoms with Gasteiger partial charge in [0.25, 0.3) is 11.5 Å². The fraction of sp³-hybridized carbons (Fsp3) is 0.417. The molecule has 4 heterocycles. The first-order valence-electron chi connectivity index (χ1n) is 11.3. The van der Waals surface area contributed by atoms with Crippen molar-refractivity contribution >= 4 is 23.4 Å². The van der Waals surface area contributed by atoms with Crippen molar-refractivity contribution < 1.29 is 14.4 Å². The average Bonchev–Trinajstić information content (AvgIpc) is 3.12. The minimum absolute atomic E-state index is 0.0501. The van der Waals surface area contributed by atoms with Gasteiger partial charge >= 0.3 is 0 Å². The van der Waals surface area contributed by atoms with Crippen molar-refractivity contribution in [2.45, 2.75) is 38.9 Å². The molecule has 0 spiro atoms. The number of hydrogen-bond donors (Lipinski definition) is 2. The molecule has 2 fully saturated rings. The molecule has 0 bridgehead atoms. The predicted molar refractivity (Wildman–Crippen MR) is 122 cm³/mol. The van der Waals surface area contributed by atoms with Crippen LogP contribution >= 0.6 is 0 Å². The van der Waals surface area contributed by atoms with Crippen LogP contribution in [0.1, 0.15) is 39.9 Å². The lowest BCUT2D eigenvalue weighted by molar-refractivity contribution is -0.136. The van der Waals surface area contributed by atoms with Crippen molar-refractivity contribution in [1.29, 1.82) is 0 Å². The number of H-pyrrole nitrogens is 1. The highest BCUT2D eigenvalue weighted by molar-refractivity contribution is 6.05. The molecule has 2 saturated heterocycles. The topological polar surface area (TPSA) is 106 Å². The normalized spacial score (nSPS) is 21.4. The SMILES string of the molecule is Cc1cc(CN2CCN(c3ccc4c(c3)C(=O)N(C3CCC(=O)NC3=O)C4)CC2)c[nH]c1=O. The summed E-state index contributed by atoms with van der Waals surface area (Å²) < 4.78 is 0. The number of amides is 3. The first-order valence-corrected chi connectivity index (χ1v) is 11.3. The summed E-state index contributed by atoms with van der Waals surface area (Å²) in [7, 11) is 0. The van der Waals surface area contributed by atoms with E-state index in [1.54, 1.807) is 11.1 Å². The minimum Gasteiger partial charge on any atom is -0.369 e. The summed E-state index contributed by atoms with van der Waals surface area (Å²) in [6.07, 6.45) is 2.40. The first-order chi connectivity index (χ1) is 15.9. The van der Waals surface area contributed by atoms with E-state index in [4.69, 9.17) is 0 Å². The van der Waals surface area contributed by atoms with E-state index in [1.165, 1.54) is 0 Å². The fourth-order valence-corrected chi connectivity index (χ4v) is 4.91. The number of anilines is 1. The summed E-state index contributed by atoms with van der Waals surface area (Å²) in [6.45, 7) is 6.44. The summed E-state index contributed by atoms with van der Waals surface area (Å²) in [5.74, 6) is -0.813. The molecule has 9 nitrogen and oxygen atoms in total. The van der Waals surface area contributed by atoms with E-state index in [0.717, 1.165) is 55.1 Å². The minimum atomic E-state index is -0.592. The van der Waals surface area contributed by atoms with Crippen molar-refractivity contribution in [2.75, 3.05) is 31.1 Å². The molecule has 172 valence electrons. The number of hydrogen-bond acceptors (Lipinski definition) is 6. The molecule has 1 aromatic carbocycles. The number of nitrogens with zero attached hydrogens (tertiary/aromatic N) is 3. The Labute approximate surface area is 191 Å². The lowest BCUT2D eigenvalue weighted by Gasteiger charge is -2.36. The Morgan fingerprint density at radius 1 is 1.03 bits per heavy atom. The van der Waals surface area contributed by atoms with Gasteiger partial charge in [0.2, 0.25) is 11.8 Å². The second kappa shape index (κ2) is 8.47. The number of aryl methyl sites for hydroxylation is 1. The Balaban J connectivity index is 1.23. The van der Waals surface area contributed by atoms with E-state index in [2.05, 4.69) is 20.1 Å². The molecule has 2 aromatic rings. The van der Waals surface area contributed by atoms with Gasteiger partial charge < -0.3 is 14.8 Å². The highest BCUT2D eigenvalue weighted by Crippen LogP contribution is 2.31. The Morgan fingerprint density at radius 2 is 1.82 bits per heavy atom. The quantitative estimate of drug-likeness (QED) is 0.668. The Morgan fingerprint density at radius 3 is 2.55 bits per heavy atom. The van der Waals surface area contributed by atoms with Crippen LogP contribution in [0, 0.1) is 6.92 Å². The van der Waals surface area contributed by atoms with Crippen LogP contribution in [0.25, 0.3) is 0 Å². The van der Waals surface area contributed by atoms with E-state index in [0.29, 0.717) is 18.5 Å². The number of rotatable bonds is 4. The van der Waals surface area contributed by atoms with Gasteiger partial charge in [-0.15, -0.1) is 0 Å². The van der Waals surface area contributed by atoms with Crippen LogP contribution in [0.5, 0.6) is 0 Å². The smallest absolute Gasteiger partial charge is 0.255 e. The van der Waals surface area contributed by atoms with E-state index in [1.807, 2.05) is 31.2 Å². The van der Waals surface area contributed by atoms with Gasteiger partial charge in [-0.1, -0.05) is 6.07 Å². The molecule has 0 aliphatic carbocycles. The summed E-state index contributed by atoms with van der Waals surface area (Å²) in [5, 5.41) is 2.34. The van der Waals surface area contributed by atoms with Crippen LogP contribution < -0.4 is 15.8 Å². The number of nitrogens with one attached hydrogen (secondary N) is 2. The number of pyridine rings is 1. The molecule has 0 saturated carbocycles. The van der Waals surface area contributed by atoms with Gasteiger partial charge in [-0.3, -0.25) is 29.4 Å². The Bertz CT molecular complexity index is 1180. The summed E-state index contributed by atoms with van der Waals surface area (Å²) in [6, 6.07) is 7.30. The van der Waals surface area contributed by atoms with Gasteiger partial charge in [-0.25, -0.2) is 0 Å². The van der Waals surface area contributed by atoms with Gasteiger partial charge in [-0.2, -0.15) is 0 Å². The van der Waals surface area contributed by atoms with Crippen LogP contribution in [0.3, 0.4) is 0 Å². The van der Waals surface area contributed by atoms with Crippen molar-refractivity contribution in [2.24, 2.45) is 0 Å². The summed E-state index contributed by atoms with van der Waals surface area (Å²) in [4.78, 5) is 57.3. The third-order valence-electron chi connectivity index (χ3n) is 6.80. The molecule has 3 amide bonds. The molecule has 1 aromatic heterocycles. The number of benzene rings is 1. The number of aromatic nitrogens is 1. The van der Waals surface area contributed by atoms with E-state index < -0.39 is 6.04 Å². The highest BCUT2D eigenvalue weighted by atomic mass is 16.2. The van der Waals surface area contributed by atoms with Crippen molar-refractivity contribution in [1.82, 2.24) is 20.1 Å². The summed E-state index contributed by atoms with van der Waals surface area (Å²) in [5.41, 5.74) is 4.33. The number of piperidine rings is 1. The van der Waals surface area contributed by atoms with Gasteiger partial charge in [0, 0.05) is 68.7 Å². The fourth-order valence-electron chi connectivity index (χ4n) is 4.91. The maximum absolute atomic E-state index is 13.1. The molecule has 0 radical (unpaired) electrons. The molecular formula is C24H27N5O4. The van der Waals surface area contributed by atoms with Crippen molar-refractivity contribution in [3.63, 3.8) is 0 Å². The standard InChI is InChI=1S/C24H27N5O4/c1-15-10-16(12-25-22(15)31)13-27-6-8-28(9-7-27)18-3-2-17-14-29(24(33)19(17)11-18)20-4-5-21(30)26-23(20)32/h2-3,10-12,20H,4-9,13-14H2,1H3,(H,25,31)(H,26,30,32). The maximum atomic E-state index is 13.1. The Kier molecular flexibility index (Phi) is 5.49. The van der Waals surface area contributed by atoms with Gasteiger partial charge in [0.05, 0.1) is 0 Å². The number of piperazine rings is 1. The molecule has 33 heavy (non-hydrogen) atoms. The molecule has 9 heteroatoms. The monoisotopic (exact) mass is 449 g/mol. The molecule has 2 N–H and O–H groups in total. The predicted octanol–water partition coefficient (Wildman–Crippen LogP) is 0.767. The van der Waals surface area contributed by atoms with Gasteiger partial charge in [0.1, 0.15) is 6.04 Å². The van der Waals surface area contributed by atoms with Crippen LogP contribution in [0.15, 0.2) is 35.3 Å². The van der Waals surface area contributed by atoms with Crippen LogP contribution in [-0.2, 0) is 22.7 Å². The molecule has 3 aliphatic rings. The zero-order valence-electron chi connectivity index (χ0n) is 18.6. The number of carbonyl (C=O) groups is 3. The molecule has 1 unspecified atom stereocenters. The van der Waals surface area contributed by atoms with E-state index in [-0.39, 0.29) is 29.7 Å². The van der Waals surface area contributed by atoms with E-state index in [9.17, 15) is 19.2 Å². The second-order valence-corrected chi connectivity index (χ2v) is 9.02. The molecule has 3 aliphatic heterocycles. The van der Waals surface area contributed by atoms with Gasteiger partial charge in [0.15, 0.2) is 0 Å². The van der Waals surface area contributed by atoms with Crippen molar-refractivity contribution in [3.8, 4) is 0 Å². The average molecular weight is 450 g/mol. The Hall–Kier alpha value is -3.46. The highest BCUT2D eigenvalue weighted by Gasteiger charge is 2.39. The lowest BCUT2D eigenvalue weighted by atomic mass is 10.0. The second-order valence-electron chi connectivity index (χ2n) is 9.02. The number of fused-ring (bicyclic) bond motifs is 1.